The van der Waals surface area contributed by atoms with Crippen molar-refractivity contribution < 1.29 is 119 Å². The van der Waals surface area contributed by atoms with Gasteiger partial charge in [-0.3, -0.25) is 0 Å². The van der Waals surface area contributed by atoms with Gasteiger partial charge >= 0.3 is 21.1 Å². The van der Waals surface area contributed by atoms with Crippen molar-refractivity contribution in [1.82, 2.24) is 4.98 Å². The van der Waals surface area contributed by atoms with E-state index in [4.69, 9.17) is 0 Å². The molecule has 0 unspecified atom stereocenters. The maximum Gasteiger partial charge on any atom is 2.00 e. The quantitative estimate of drug-likeness (QED) is 0.344. The Hall–Kier alpha value is 2.63. The number of nitrogens with zero attached hydrogens (tertiary/aromatic N) is 1. The predicted molar refractivity (Wildman–Crippen MR) is 83.0 cm³/mol. The molecule has 5 heteroatoms. The first-order chi connectivity index (χ1) is 8.21. The van der Waals surface area contributed by atoms with Crippen molar-refractivity contribution in [3.8, 4) is 0 Å². The molecule has 0 saturated carbocycles. The van der Waals surface area contributed by atoms with Crippen LogP contribution in [0.3, 0.4) is 0 Å². The van der Waals surface area contributed by atoms with Gasteiger partial charge in [-0.2, -0.15) is 18.9 Å². The average molecular weight is 694 g/mol. The molecular weight excluding hydrogens is 669 g/mol. The standard InChI is InChI=1S/C10H8N.2C3H7.CH3.W.3Y/c1-8-6-7-11-10-5-3-2-4-9(8)10;2*1-3-2;;;;;/h2-6H,1H3;2*1,3H2,2H3;1H3;;;;/q4*-1;+2;;;. The number of aromatic nitrogens is 1. The first-order valence-corrected chi connectivity index (χ1v) is 6.02. The van der Waals surface area contributed by atoms with Crippen LogP contribution in [0, 0.1) is 34.4 Å². The number of pyridine rings is 1. The molecule has 3 radical (unpaired) electrons. The molecule has 1 nitrogen and oxygen atoms in total. The third kappa shape index (κ3) is 19.0. The Morgan fingerprint density at radius 1 is 1.00 bits per heavy atom. The molecule has 2 rings (SSSR count). The van der Waals surface area contributed by atoms with Crippen LogP contribution in [0.1, 0.15) is 32.3 Å². The number of aryl methyl sites for hydroxylation is 1. The van der Waals surface area contributed by atoms with E-state index in [2.05, 4.69) is 38.0 Å². The Bertz CT molecular complexity index is 418. The van der Waals surface area contributed by atoms with E-state index in [1.807, 2.05) is 38.1 Å². The summed E-state index contributed by atoms with van der Waals surface area (Å²) in [5.74, 6) is 0. The molecule has 22 heavy (non-hydrogen) atoms. The molecule has 0 aliphatic carbocycles. The summed E-state index contributed by atoms with van der Waals surface area (Å²) in [6.07, 6.45) is 4.85. The van der Waals surface area contributed by atoms with Gasteiger partial charge in [-0.15, -0.1) is 10.9 Å². The van der Waals surface area contributed by atoms with Crippen molar-refractivity contribution >= 4 is 10.9 Å². The van der Waals surface area contributed by atoms with E-state index in [0.29, 0.717) is 0 Å². The van der Waals surface area contributed by atoms with Crippen LogP contribution in [0.15, 0.2) is 30.3 Å². The van der Waals surface area contributed by atoms with Crippen molar-refractivity contribution in [3.05, 3.63) is 63.4 Å². The number of benzene rings is 1. The zero-order chi connectivity index (χ0) is 13.1. The zero-order valence-corrected chi connectivity index (χ0v) is 25.8. The molecule has 0 spiro atoms. The smallest absolute Gasteiger partial charge is 0.386 e. The molecule has 0 aliphatic heterocycles. The molecule has 0 amide bonds. The van der Waals surface area contributed by atoms with Crippen LogP contribution in [0.5, 0.6) is 0 Å². The summed E-state index contributed by atoms with van der Waals surface area (Å²) >= 11 is 0. The van der Waals surface area contributed by atoms with Crippen molar-refractivity contribution in [2.45, 2.75) is 33.6 Å². The molecular formula is C17H25NWY3-2. The number of fused-ring (bicyclic) bond motifs is 1. The van der Waals surface area contributed by atoms with E-state index in [1.165, 1.54) is 10.9 Å². The van der Waals surface area contributed by atoms with E-state index in [9.17, 15) is 0 Å². The molecule has 115 valence electrons. The van der Waals surface area contributed by atoms with E-state index in [-0.39, 0.29) is 127 Å². The molecule has 0 atom stereocenters. The van der Waals surface area contributed by atoms with Crippen LogP contribution in [-0.2, 0) is 119 Å². The largest absolute Gasteiger partial charge is 2.00 e. The Morgan fingerprint density at radius 3 is 1.82 bits per heavy atom. The minimum Gasteiger partial charge on any atom is -0.386 e. The topological polar surface area (TPSA) is 12.9 Å². The van der Waals surface area contributed by atoms with Crippen molar-refractivity contribution in [2.75, 3.05) is 0 Å². The van der Waals surface area contributed by atoms with Crippen LogP contribution in [0.2, 0.25) is 0 Å². The number of rotatable bonds is 0. The van der Waals surface area contributed by atoms with E-state index >= 15 is 0 Å². The van der Waals surface area contributed by atoms with Gasteiger partial charge in [0.2, 0.25) is 0 Å². The molecule has 0 aliphatic rings. The molecule has 1 aromatic carbocycles. The van der Waals surface area contributed by atoms with Crippen LogP contribution in [0.4, 0.5) is 0 Å². The van der Waals surface area contributed by atoms with Gasteiger partial charge in [0.1, 0.15) is 0 Å². The van der Waals surface area contributed by atoms with Gasteiger partial charge in [0.15, 0.2) is 0 Å². The second kappa shape index (κ2) is 28.4. The number of hydrogen-bond donors (Lipinski definition) is 0. The Labute approximate surface area is 228 Å². The molecule has 0 N–H and O–H groups in total. The third-order valence-corrected chi connectivity index (χ3v) is 1.79. The van der Waals surface area contributed by atoms with Gasteiger partial charge in [-0.1, -0.05) is 51.2 Å². The van der Waals surface area contributed by atoms with Gasteiger partial charge in [-0.05, 0) is 5.52 Å². The predicted octanol–water partition coefficient (Wildman–Crippen LogP) is 5.24. The van der Waals surface area contributed by atoms with Gasteiger partial charge < -0.3 is 26.3 Å². The van der Waals surface area contributed by atoms with Gasteiger partial charge in [0.05, 0.1) is 0 Å². The first-order valence-electron chi connectivity index (χ1n) is 6.02. The Balaban J connectivity index is -0.0000000521. The van der Waals surface area contributed by atoms with Crippen LogP contribution in [-0.4, -0.2) is 4.98 Å². The third-order valence-electron chi connectivity index (χ3n) is 1.79. The fraction of sp³-hybridized carbons (Fsp3) is 0.294. The summed E-state index contributed by atoms with van der Waals surface area (Å²) in [7, 11) is 0. The zero-order valence-electron chi connectivity index (χ0n) is 14.3. The van der Waals surface area contributed by atoms with Crippen molar-refractivity contribution in [1.29, 1.82) is 0 Å². The summed E-state index contributed by atoms with van der Waals surface area (Å²) in [4.78, 5) is 4.12. The fourth-order valence-electron chi connectivity index (χ4n) is 1.18. The first kappa shape index (κ1) is 39.6. The Kier molecular flexibility index (Phi) is 51.2. The van der Waals surface area contributed by atoms with Gasteiger partial charge in [-0.25, -0.2) is 0 Å². The SMILES string of the molecule is Cc1c[c-]nc2ccccc12.[CH2-]CC.[CH2-]CC.[CH3-].[W+2].[Y].[Y].[Y]. The summed E-state index contributed by atoms with van der Waals surface area (Å²) in [6.45, 7) is 13.1. The van der Waals surface area contributed by atoms with Gasteiger partial charge in [0, 0.05) is 98.1 Å². The minimum atomic E-state index is 0. The van der Waals surface area contributed by atoms with Gasteiger partial charge in [0.25, 0.3) is 0 Å². The average Bonchev–Trinajstić information content (AvgIpc) is 2.32. The van der Waals surface area contributed by atoms with E-state index in [1.54, 1.807) is 0 Å². The summed E-state index contributed by atoms with van der Waals surface area (Å²) in [5.41, 5.74) is 2.25. The molecule has 0 fully saturated rings. The fourth-order valence-corrected chi connectivity index (χ4v) is 1.18. The molecule has 2 aromatic rings. The second-order valence-electron chi connectivity index (χ2n) is 3.59. The van der Waals surface area contributed by atoms with Crippen LogP contribution < -0.4 is 0 Å². The maximum atomic E-state index is 4.12. The summed E-state index contributed by atoms with van der Waals surface area (Å²) in [5, 5.41) is 1.21. The Morgan fingerprint density at radius 2 is 1.41 bits per heavy atom. The monoisotopic (exact) mass is 694 g/mol. The van der Waals surface area contributed by atoms with Crippen LogP contribution in [0.25, 0.3) is 10.9 Å². The molecule has 0 saturated heterocycles. The maximum absolute atomic E-state index is 4.12. The minimum absolute atomic E-state index is 0. The normalized spacial score (nSPS) is 6.77. The van der Waals surface area contributed by atoms with Crippen molar-refractivity contribution in [3.63, 3.8) is 0 Å². The number of hydrogen-bond acceptors (Lipinski definition) is 1. The van der Waals surface area contributed by atoms with E-state index in [0.717, 1.165) is 18.4 Å². The molecule has 1 aromatic heterocycles. The second-order valence-corrected chi connectivity index (χ2v) is 3.59. The molecule has 0 bridgehead atoms. The molecule has 1 heterocycles. The summed E-state index contributed by atoms with van der Waals surface area (Å²) < 4.78 is 0. The van der Waals surface area contributed by atoms with Crippen molar-refractivity contribution in [2.24, 2.45) is 0 Å². The summed E-state index contributed by atoms with van der Waals surface area (Å²) in [6, 6.07) is 9.99. The number of para-hydroxylation sites is 1. The van der Waals surface area contributed by atoms with E-state index < -0.39 is 0 Å². The van der Waals surface area contributed by atoms with Crippen LogP contribution >= 0.6 is 0 Å².